The number of hydrogen-bond acceptors (Lipinski definition) is 2. The predicted molar refractivity (Wildman–Crippen MR) is 67.6 cm³/mol. The molecule has 0 saturated heterocycles. The van der Waals surface area contributed by atoms with Gasteiger partial charge in [-0.15, -0.1) is 0 Å². The zero-order valence-electron chi connectivity index (χ0n) is 9.77. The maximum Gasteiger partial charge on any atom is 0.124 e. The van der Waals surface area contributed by atoms with Gasteiger partial charge in [0.2, 0.25) is 0 Å². The van der Waals surface area contributed by atoms with Crippen LogP contribution in [0.3, 0.4) is 0 Å². The van der Waals surface area contributed by atoms with Gasteiger partial charge in [0.25, 0.3) is 0 Å². The third kappa shape index (κ3) is 2.93. The molecule has 3 unspecified atom stereocenters. The average Bonchev–Trinajstić information content (AvgIpc) is 2.38. The van der Waals surface area contributed by atoms with E-state index in [4.69, 9.17) is 5.73 Å². The molecule has 17 heavy (non-hydrogen) atoms. The van der Waals surface area contributed by atoms with Crippen molar-refractivity contribution < 1.29 is 8.60 Å². The van der Waals surface area contributed by atoms with Crippen molar-refractivity contribution in [2.75, 3.05) is 6.54 Å². The van der Waals surface area contributed by atoms with Gasteiger partial charge >= 0.3 is 0 Å². The molecule has 1 aliphatic carbocycles. The summed E-state index contributed by atoms with van der Waals surface area (Å²) < 4.78 is 25.5. The first-order chi connectivity index (χ1) is 8.22. The van der Waals surface area contributed by atoms with Gasteiger partial charge in [0.05, 0.1) is 10.8 Å². The quantitative estimate of drug-likeness (QED) is 0.901. The Hall–Kier alpha value is -0.740. The maximum absolute atomic E-state index is 13.1. The van der Waals surface area contributed by atoms with Gasteiger partial charge in [0.15, 0.2) is 0 Å². The molecule has 0 bridgehead atoms. The molecule has 94 valence electrons. The van der Waals surface area contributed by atoms with Crippen LogP contribution in [0.5, 0.6) is 0 Å². The van der Waals surface area contributed by atoms with E-state index in [9.17, 15) is 8.60 Å². The van der Waals surface area contributed by atoms with Crippen molar-refractivity contribution in [2.24, 2.45) is 11.7 Å². The minimum Gasteiger partial charge on any atom is -0.330 e. The van der Waals surface area contributed by atoms with Gasteiger partial charge < -0.3 is 5.73 Å². The topological polar surface area (TPSA) is 43.1 Å². The molecule has 2 nitrogen and oxygen atoms in total. The van der Waals surface area contributed by atoms with Crippen molar-refractivity contribution in [2.45, 2.75) is 35.8 Å². The third-order valence-electron chi connectivity index (χ3n) is 3.45. The molecule has 1 saturated carbocycles. The van der Waals surface area contributed by atoms with E-state index in [2.05, 4.69) is 0 Å². The van der Waals surface area contributed by atoms with Crippen molar-refractivity contribution >= 4 is 10.8 Å². The van der Waals surface area contributed by atoms with E-state index in [0.717, 1.165) is 19.3 Å². The second kappa shape index (κ2) is 5.74. The summed E-state index contributed by atoms with van der Waals surface area (Å²) in [6.07, 6.45) is 4.24. The lowest BCUT2D eigenvalue weighted by Gasteiger charge is -2.29. The zero-order valence-corrected chi connectivity index (χ0v) is 10.6. The summed E-state index contributed by atoms with van der Waals surface area (Å²) in [5.41, 5.74) is 5.73. The molecule has 1 aromatic rings. The van der Waals surface area contributed by atoms with Crippen LogP contribution in [0, 0.1) is 11.7 Å². The SMILES string of the molecule is NCC1CCCCC1S(=O)c1cccc(F)c1. The van der Waals surface area contributed by atoms with Crippen LogP contribution in [0.4, 0.5) is 4.39 Å². The van der Waals surface area contributed by atoms with Gasteiger partial charge in [-0.25, -0.2) is 4.39 Å². The first-order valence-electron chi connectivity index (χ1n) is 6.08. The molecule has 0 heterocycles. The molecular formula is C13H18FNOS. The largest absolute Gasteiger partial charge is 0.330 e. The van der Waals surface area contributed by atoms with Crippen LogP contribution in [-0.4, -0.2) is 16.0 Å². The van der Waals surface area contributed by atoms with Crippen LogP contribution in [0.25, 0.3) is 0 Å². The standard InChI is InChI=1S/C13H18FNOS/c14-11-5-3-6-12(8-11)17(16)13-7-2-1-4-10(13)9-15/h3,5-6,8,10,13H,1-2,4,7,9,15H2. The van der Waals surface area contributed by atoms with Crippen LogP contribution < -0.4 is 5.73 Å². The van der Waals surface area contributed by atoms with Gasteiger partial charge in [-0.3, -0.25) is 4.21 Å². The zero-order chi connectivity index (χ0) is 12.3. The van der Waals surface area contributed by atoms with Crippen LogP contribution in [0.2, 0.25) is 0 Å². The van der Waals surface area contributed by atoms with Gasteiger partial charge in [-0.05, 0) is 43.5 Å². The molecule has 0 aromatic heterocycles. The normalized spacial score (nSPS) is 26.7. The highest BCUT2D eigenvalue weighted by atomic mass is 32.2. The first-order valence-corrected chi connectivity index (χ1v) is 7.30. The van der Waals surface area contributed by atoms with Crippen molar-refractivity contribution in [3.8, 4) is 0 Å². The molecular weight excluding hydrogens is 237 g/mol. The molecule has 0 amide bonds. The number of halogens is 1. The number of rotatable bonds is 3. The molecule has 2 rings (SSSR count). The van der Waals surface area contributed by atoms with Gasteiger partial charge in [-0.2, -0.15) is 0 Å². The summed E-state index contributed by atoms with van der Waals surface area (Å²) in [7, 11) is -1.13. The van der Waals surface area contributed by atoms with Crippen molar-refractivity contribution in [3.63, 3.8) is 0 Å². The fourth-order valence-corrected chi connectivity index (χ4v) is 4.26. The third-order valence-corrected chi connectivity index (χ3v) is 5.33. The fraction of sp³-hybridized carbons (Fsp3) is 0.538. The summed E-state index contributed by atoms with van der Waals surface area (Å²) in [5, 5.41) is 0.0931. The highest BCUT2D eigenvalue weighted by Gasteiger charge is 2.29. The molecule has 1 aliphatic rings. The summed E-state index contributed by atoms with van der Waals surface area (Å²) >= 11 is 0. The Morgan fingerprint density at radius 3 is 2.82 bits per heavy atom. The molecule has 0 spiro atoms. The van der Waals surface area contributed by atoms with Gasteiger partial charge in [0.1, 0.15) is 5.82 Å². The Morgan fingerprint density at radius 2 is 2.12 bits per heavy atom. The van der Waals surface area contributed by atoms with Crippen LogP contribution >= 0.6 is 0 Å². The fourth-order valence-electron chi connectivity index (χ4n) is 2.49. The average molecular weight is 255 g/mol. The number of nitrogens with two attached hydrogens (primary N) is 1. The van der Waals surface area contributed by atoms with Crippen molar-refractivity contribution in [1.29, 1.82) is 0 Å². The molecule has 0 aliphatic heterocycles. The second-order valence-electron chi connectivity index (χ2n) is 4.57. The Morgan fingerprint density at radius 1 is 1.35 bits per heavy atom. The van der Waals surface area contributed by atoms with E-state index in [1.807, 2.05) is 0 Å². The van der Waals surface area contributed by atoms with Crippen molar-refractivity contribution in [3.05, 3.63) is 30.1 Å². The Balaban J connectivity index is 2.18. The molecule has 0 radical (unpaired) electrons. The minimum atomic E-state index is -1.13. The number of benzene rings is 1. The smallest absolute Gasteiger partial charge is 0.124 e. The Bertz CT molecular complexity index is 410. The summed E-state index contributed by atoms with van der Waals surface area (Å²) in [6.45, 7) is 0.575. The minimum absolute atomic E-state index is 0.0931. The Kier molecular flexibility index (Phi) is 4.29. The highest BCUT2D eigenvalue weighted by molar-refractivity contribution is 7.85. The van der Waals surface area contributed by atoms with E-state index in [0.29, 0.717) is 17.4 Å². The van der Waals surface area contributed by atoms with Gasteiger partial charge in [-0.1, -0.05) is 18.9 Å². The summed E-state index contributed by atoms with van der Waals surface area (Å²) in [6, 6.07) is 6.10. The molecule has 1 fully saturated rings. The maximum atomic E-state index is 13.1. The molecule has 2 N–H and O–H groups in total. The lowest BCUT2D eigenvalue weighted by molar-refractivity contribution is 0.372. The van der Waals surface area contributed by atoms with E-state index in [1.165, 1.54) is 18.6 Å². The second-order valence-corrected chi connectivity index (χ2v) is 6.25. The Labute approximate surface area is 104 Å². The van der Waals surface area contributed by atoms with E-state index in [-0.39, 0.29) is 11.1 Å². The lowest BCUT2D eigenvalue weighted by atomic mass is 9.89. The first kappa shape index (κ1) is 12.7. The van der Waals surface area contributed by atoms with E-state index in [1.54, 1.807) is 12.1 Å². The molecule has 1 aromatic carbocycles. The molecule has 4 heteroatoms. The summed E-state index contributed by atoms with van der Waals surface area (Å²) in [4.78, 5) is 0.593. The van der Waals surface area contributed by atoms with Gasteiger partial charge in [0, 0.05) is 10.1 Å². The lowest BCUT2D eigenvalue weighted by Crippen LogP contribution is -2.34. The predicted octanol–water partition coefficient (Wildman–Crippen LogP) is 2.45. The van der Waals surface area contributed by atoms with Crippen LogP contribution in [0.15, 0.2) is 29.2 Å². The number of hydrogen-bond donors (Lipinski definition) is 1. The molecule has 3 atom stereocenters. The monoisotopic (exact) mass is 255 g/mol. The van der Waals surface area contributed by atoms with E-state index >= 15 is 0 Å². The highest BCUT2D eigenvalue weighted by Crippen LogP contribution is 2.30. The summed E-state index contributed by atoms with van der Waals surface area (Å²) in [5.74, 6) is -0.0104. The van der Waals surface area contributed by atoms with E-state index < -0.39 is 10.8 Å². The van der Waals surface area contributed by atoms with Crippen LogP contribution in [-0.2, 0) is 10.8 Å². The van der Waals surface area contributed by atoms with Crippen LogP contribution in [0.1, 0.15) is 25.7 Å². The van der Waals surface area contributed by atoms with Crippen molar-refractivity contribution in [1.82, 2.24) is 0 Å².